The van der Waals surface area contributed by atoms with E-state index in [1.165, 1.54) is 31.0 Å². The molecule has 0 unspecified atom stereocenters. The van der Waals surface area contributed by atoms with Crippen LogP contribution in [0.2, 0.25) is 5.02 Å². The second-order valence-corrected chi connectivity index (χ2v) is 6.97. The topological polar surface area (TPSA) is 88.0 Å². The minimum atomic E-state index is -0.529. The zero-order chi connectivity index (χ0) is 21.0. The number of rotatable bonds is 6. The van der Waals surface area contributed by atoms with E-state index in [0.29, 0.717) is 22.2 Å². The minimum absolute atomic E-state index is 0.115. The second kappa shape index (κ2) is 8.99. The van der Waals surface area contributed by atoms with Crippen molar-refractivity contribution in [3.8, 4) is 28.8 Å². The monoisotopic (exact) mass is 431 g/mol. The highest BCUT2D eigenvalue weighted by Gasteiger charge is 2.16. The molecule has 29 heavy (non-hydrogen) atoms. The summed E-state index contributed by atoms with van der Waals surface area (Å²) in [5, 5.41) is 10.00. The molecule has 0 atom stereocenters. The summed E-state index contributed by atoms with van der Waals surface area (Å²) in [5.74, 6) is 0.205. The average Bonchev–Trinajstić information content (AvgIpc) is 2.72. The molecule has 1 heterocycles. The van der Waals surface area contributed by atoms with Crippen LogP contribution in [0.4, 0.5) is 4.39 Å². The molecule has 3 rings (SSSR count). The van der Waals surface area contributed by atoms with Gasteiger partial charge in [0.2, 0.25) is 0 Å². The lowest BCUT2D eigenvalue weighted by Gasteiger charge is -2.14. The Hall–Kier alpha value is -3.02. The summed E-state index contributed by atoms with van der Waals surface area (Å²) in [6, 6.07) is 11.1. The Morgan fingerprint density at radius 2 is 2.10 bits per heavy atom. The number of H-pyrrole nitrogens is 1. The van der Waals surface area contributed by atoms with E-state index < -0.39 is 11.4 Å². The molecular weight excluding hydrogens is 417 g/mol. The maximum Gasteiger partial charge on any atom is 0.270 e. The summed E-state index contributed by atoms with van der Waals surface area (Å²) in [6.07, 6.45) is 1.76. The van der Waals surface area contributed by atoms with E-state index in [2.05, 4.69) is 9.97 Å². The van der Waals surface area contributed by atoms with E-state index in [1.54, 1.807) is 30.5 Å². The number of ether oxygens (including phenoxy) is 2. The summed E-state index contributed by atoms with van der Waals surface area (Å²) >= 11 is 7.29. The lowest BCUT2D eigenvalue weighted by molar-refractivity contribution is 0.280. The summed E-state index contributed by atoms with van der Waals surface area (Å²) < 4.78 is 25.1. The Morgan fingerprint density at radius 1 is 1.31 bits per heavy atom. The van der Waals surface area contributed by atoms with Gasteiger partial charge in [0.1, 0.15) is 24.1 Å². The van der Waals surface area contributed by atoms with Crippen molar-refractivity contribution in [3.05, 3.63) is 68.7 Å². The number of hydrogen-bond acceptors (Lipinski definition) is 6. The van der Waals surface area contributed by atoms with Crippen molar-refractivity contribution in [2.24, 2.45) is 0 Å². The SMILES string of the molecule is COc1ccc(-c2nc(SC)[nH]c(=O)c2C#N)cc1OCc1c(F)cccc1Cl. The summed E-state index contributed by atoms with van der Waals surface area (Å²) in [5.41, 5.74) is 0.267. The van der Waals surface area contributed by atoms with Crippen LogP contribution >= 0.6 is 23.4 Å². The molecule has 1 N–H and O–H groups in total. The number of aromatic nitrogens is 2. The van der Waals surface area contributed by atoms with Crippen LogP contribution in [-0.2, 0) is 6.61 Å². The number of hydrogen-bond donors (Lipinski definition) is 1. The third-order valence-electron chi connectivity index (χ3n) is 4.07. The number of halogens is 2. The Morgan fingerprint density at radius 3 is 2.76 bits per heavy atom. The van der Waals surface area contributed by atoms with Gasteiger partial charge in [0.25, 0.3) is 5.56 Å². The molecule has 2 aromatic carbocycles. The Bertz CT molecular complexity index is 1140. The largest absolute Gasteiger partial charge is 0.493 e. The van der Waals surface area contributed by atoms with Crippen molar-refractivity contribution in [2.75, 3.05) is 13.4 Å². The molecule has 0 amide bonds. The van der Waals surface area contributed by atoms with Gasteiger partial charge in [0.05, 0.1) is 17.8 Å². The molecule has 9 heteroatoms. The zero-order valence-electron chi connectivity index (χ0n) is 15.5. The van der Waals surface area contributed by atoms with Gasteiger partial charge in [-0.15, -0.1) is 0 Å². The number of benzene rings is 2. The fraction of sp³-hybridized carbons (Fsp3) is 0.150. The van der Waals surface area contributed by atoms with Gasteiger partial charge in [-0.2, -0.15) is 5.26 Å². The van der Waals surface area contributed by atoms with Gasteiger partial charge in [-0.05, 0) is 36.6 Å². The molecule has 0 fully saturated rings. The first-order valence-corrected chi connectivity index (χ1v) is 9.91. The molecule has 0 saturated carbocycles. The van der Waals surface area contributed by atoms with Crippen molar-refractivity contribution in [3.63, 3.8) is 0 Å². The summed E-state index contributed by atoms with van der Waals surface area (Å²) in [6.45, 7) is -0.130. The molecule has 0 aliphatic rings. The fourth-order valence-electron chi connectivity index (χ4n) is 2.62. The van der Waals surface area contributed by atoms with E-state index in [0.717, 1.165) is 0 Å². The van der Waals surface area contributed by atoms with Gasteiger partial charge in [-0.1, -0.05) is 29.4 Å². The van der Waals surface area contributed by atoms with E-state index >= 15 is 0 Å². The molecule has 148 valence electrons. The predicted octanol–water partition coefficient (Wildman–Crippen LogP) is 4.41. The van der Waals surface area contributed by atoms with Gasteiger partial charge in [0, 0.05) is 11.1 Å². The van der Waals surface area contributed by atoms with Crippen molar-refractivity contribution in [1.82, 2.24) is 9.97 Å². The van der Waals surface area contributed by atoms with Gasteiger partial charge < -0.3 is 14.5 Å². The van der Waals surface area contributed by atoms with E-state index in [4.69, 9.17) is 21.1 Å². The molecule has 3 aromatic rings. The van der Waals surface area contributed by atoms with Crippen molar-refractivity contribution >= 4 is 23.4 Å². The van der Waals surface area contributed by atoms with Crippen LogP contribution in [0.1, 0.15) is 11.1 Å². The smallest absolute Gasteiger partial charge is 0.270 e. The Labute approximate surface area is 175 Å². The van der Waals surface area contributed by atoms with Crippen LogP contribution in [0.25, 0.3) is 11.3 Å². The van der Waals surface area contributed by atoms with Gasteiger partial charge in [-0.25, -0.2) is 9.37 Å². The number of nitrogens with zero attached hydrogens (tertiary/aromatic N) is 2. The first kappa shape index (κ1) is 20.7. The molecule has 0 aliphatic heterocycles. The summed E-state index contributed by atoms with van der Waals surface area (Å²) in [7, 11) is 1.47. The van der Waals surface area contributed by atoms with Gasteiger partial charge >= 0.3 is 0 Å². The van der Waals surface area contributed by atoms with Crippen LogP contribution in [-0.4, -0.2) is 23.3 Å². The lowest BCUT2D eigenvalue weighted by atomic mass is 10.1. The van der Waals surface area contributed by atoms with E-state index in [9.17, 15) is 14.4 Å². The number of thioether (sulfide) groups is 1. The highest BCUT2D eigenvalue weighted by atomic mass is 35.5. The molecule has 0 aliphatic carbocycles. The molecular formula is C20H15ClFN3O3S. The highest BCUT2D eigenvalue weighted by Crippen LogP contribution is 2.34. The maximum atomic E-state index is 14.0. The first-order chi connectivity index (χ1) is 14.0. The van der Waals surface area contributed by atoms with Crippen molar-refractivity contribution in [2.45, 2.75) is 11.8 Å². The number of nitrogens with one attached hydrogen (secondary N) is 1. The van der Waals surface area contributed by atoms with Crippen LogP contribution in [0, 0.1) is 17.1 Å². The third-order valence-corrected chi connectivity index (χ3v) is 5.01. The highest BCUT2D eigenvalue weighted by molar-refractivity contribution is 7.98. The van der Waals surface area contributed by atoms with E-state index in [-0.39, 0.29) is 28.5 Å². The van der Waals surface area contributed by atoms with Gasteiger partial charge in [0.15, 0.2) is 16.7 Å². The van der Waals surface area contributed by atoms with Crippen LogP contribution in [0.5, 0.6) is 11.5 Å². The standard InChI is InChI=1S/C20H15ClFN3O3S/c1-27-16-7-6-11(18-12(9-23)19(26)25-20(24-18)29-2)8-17(16)28-10-13-14(21)4-3-5-15(13)22/h3-8H,10H2,1-2H3,(H,24,25,26). The molecule has 0 spiro atoms. The number of aromatic amines is 1. The number of nitriles is 1. The second-order valence-electron chi connectivity index (χ2n) is 5.77. The minimum Gasteiger partial charge on any atom is -0.493 e. The predicted molar refractivity (Wildman–Crippen MR) is 109 cm³/mol. The Kier molecular flexibility index (Phi) is 6.42. The van der Waals surface area contributed by atoms with Gasteiger partial charge in [-0.3, -0.25) is 4.79 Å². The average molecular weight is 432 g/mol. The Balaban J connectivity index is 2.04. The lowest BCUT2D eigenvalue weighted by Crippen LogP contribution is -2.14. The van der Waals surface area contributed by atoms with Crippen LogP contribution in [0.15, 0.2) is 46.3 Å². The fourth-order valence-corrected chi connectivity index (χ4v) is 3.21. The van der Waals surface area contributed by atoms with Crippen molar-refractivity contribution < 1.29 is 13.9 Å². The molecule has 1 aromatic heterocycles. The first-order valence-electron chi connectivity index (χ1n) is 8.31. The maximum absolute atomic E-state index is 14.0. The third kappa shape index (κ3) is 4.36. The molecule has 0 bridgehead atoms. The molecule has 6 nitrogen and oxygen atoms in total. The summed E-state index contributed by atoms with van der Waals surface area (Å²) in [4.78, 5) is 19.1. The number of methoxy groups -OCH3 is 1. The zero-order valence-corrected chi connectivity index (χ0v) is 17.0. The quantitative estimate of drug-likeness (QED) is 0.459. The molecule has 0 radical (unpaired) electrons. The van der Waals surface area contributed by atoms with Crippen LogP contribution in [0.3, 0.4) is 0 Å². The van der Waals surface area contributed by atoms with Crippen LogP contribution < -0.4 is 15.0 Å². The van der Waals surface area contributed by atoms with E-state index in [1.807, 2.05) is 6.07 Å². The molecule has 0 saturated heterocycles. The van der Waals surface area contributed by atoms with Crippen molar-refractivity contribution in [1.29, 1.82) is 5.26 Å². The normalized spacial score (nSPS) is 10.4.